The highest BCUT2D eigenvalue weighted by Crippen LogP contribution is 2.21. The number of likely N-dealkylation sites (N-methyl/N-ethyl adjacent to an activating group) is 1. The first-order valence-electron chi connectivity index (χ1n) is 8.09. The van der Waals surface area contributed by atoms with E-state index in [9.17, 15) is 4.79 Å². The van der Waals surface area contributed by atoms with Gasteiger partial charge in [0.1, 0.15) is 0 Å². The van der Waals surface area contributed by atoms with Crippen LogP contribution in [-0.4, -0.2) is 43.0 Å². The highest BCUT2D eigenvalue weighted by molar-refractivity contribution is 5.96. The summed E-state index contributed by atoms with van der Waals surface area (Å²) in [6.07, 6.45) is 2.98. The first-order valence-corrected chi connectivity index (χ1v) is 8.09. The molecule has 0 saturated heterocycles. The molecule has 0 bridgehead atoms. The number of fused-ring (bicyclic) bond motifs is 1. The third kappa shape index (κ3) is 4.55. The van der Waals surface area contributed by atoms with Gasteiger partial charge in [-0.25, -0.2) is 0 Å². The van der Waals surface area contributed by atoms with Crippen molar-refractivity contribution in [2.24, 2.45) is 0 Å². The third-order valence-corrected chi connectivity index (χ3v) is 4.10. The SMILES string of the molecule is CCCN(CC)CCNC1CCc2ccccc2NC1=O. The van der Waals surface area contributed by atoms with E-state index in [0.717, 1.165) is 44.7 Å². The fourth-order valence-electron chi connectivity index (χ4n) is 2.85. The minimum atomic E-state index is -0.0854. The molecule has 1 heterocycles. The lowest BCUT2D eigenvalue weighted by atomic mass is 10.1. The zero-order chi connectivity index (χ0) is 15.1. The van der Waals surface area contributed by atoms with Gasteiger partial charge in [0.15, 0.2) is 0 Å². The van der Waals surface area contributed by atoms with Crippen molar-refractivity contribution in [3.63, 3.8) is 0 Å². The number of carbonyl (C=O) groups excluding carboxylic acids is 1. The van der Waals surface area contributed by atoms with E-state index in [1.165, 1.54) is 12.0 Å². The van der Waals surface area contributed by atoms with Crippen LogP contribution < -0.4 is 10.6 Å². The molecule has 0 aliphatic carbocycles. The minimum Gasteiger partial charge on any atom is -0.324 e. The summed E-state index contributed by atoms with van der Waals surface area (Å²) in [5, 5.41) is 6.45. The maximum atomic E-state index is 12.3. The Labute approximate surface area is 127 Å². The number of para-hydroxylation sites is 1. The first-order chi connectivity index (χ1) is 10.2. The van der Waals surface area contributed by atoms with Crippen LogP contribution in [0.5, 0.6) is 0 Å². The van der Waals surface area contributed by atoms with E-state index in [4.69, 9.17) is 0 Å². The number of aryl methyl sites for hydroxylation is 1. The van der Waals surface area contributed by atoms with Gasteiger partial charge in [-0.05, 0) is 44.0 Å². The molecule has 0 aromatic heterocycles. The Balaban J connectivity index is 1.84. The maximum Gasteiger partial charge on any atom is 0.241 e. The van der Waals surface area contributed by atoms with Gasteiger partial charge in [-0.3, -0.25) is 4.79 Å². The van der Waals surface area contributed by atoms with Crippen LogP contribution in [0, 0.1) is 0 Å². The summed E-state index contributed by atoms with van der Waals surface area (Å²) in [7, 11) is 0. The standard InChI is InChI=1S/C17H27N3O/c1-3-12-20(4-2)13-11-18-16-10-9-14-7-5-6-8-15(14)19-17(16)21/h5-8,16,18H,3-4,9-13H2,1-2H3,(H,19,21). The maximum absolute atomic E-state index is 12.3. The number of benzene rings is 1. The molecule has 1 unspecified atom stereocenters. The molecule has 0 radical (unpaired) electrons. The van der Waals surface area contributed by atoms with Gasteiger partial charge in [-0.2, -0.15) is 0 Å². The lowest BCUT2D eigenvalue weighted by molar-refractivity contribution is -0.118. The Hall–Kier alpha value is -1.39. The number of anilines is 1. The van der Waals surface area contributed by atoms with Crippen LogP contribution in [0.2, 0.25) is 0 Å². The van der Waals surface area contributed by atoms with Crippen molar-refractivity contribution in [2.75, 3.05) is 31.5 Å². The Bertz CT molecular complexity index is 461. The first kappa shape index (κ1) is 16.0. The Morgan fingerprint density at radius 3 is 2.86 bits per heavy atom. The van der Waals surface area contributed by atoms with Gasteiger partial charge in [0.25, 0.3) is 0 Å². The lowest BCUT2D eigenvalue weighted by Gasteiger charge is -2.21. The topological polar surface area (TPSA) is 44.4 Å². The molecular formula is C17H27N3O. The van der Waals surface area contributed by atoms with E-state index < -0.39 is 0 Å². The van der Waals surface area contributed by atoms with Crippen molar-refractivity contribution < 1.29 is 4.79 Å². The van der Waals surface area contributed by atoms with Crippen molar-refractivity contribution in [3.8, 4) is 0 Å². The predicted octanol–water partition coefficient (Wildman–Crippen LogP) is 2.26. The van der Waals surface area contributed by atoms with Gasteiger partial charge in [-0.15, -0.1) is 0 Å². The fraction of sp³-hybridized carbons (Fsp3) is 0.588. The molecule has 21 heavy (non-hydrogen) atoms. The molecule has 4 heteroatoms. The van der Waals surface area contributed by atoms with Crippen molar-refractivity contribution >= 4 is 11.6 Å². The molecule has 0 saturated carbocycles. The van der Waals surface area contributed by atoms with Crippen molar-refractivity contribution in [2.45, 2.75) is 39.2 Å². The van der Waals surface area contributed by atoms with Gasteiger partial charge in [0.05, 0.1) is 6.04 Å². The number of carbonyl (C=O) groups is 1. The van der Waals surface area contributed by atoms with Crippen LogP contribution in [0.15, 0.2) is 24.3 Å². The molecule has 4 nitrogen and oxygen atoms in total. The highest BCUT2D eigenvalue weighted by atomic mass is 16.2. The molecule has 1 amide bonds. The molecule has 0 fully saturated rings. The van der Waals surface area contributed by atoms with E-state index in [-0.39, 0.29) is 11.9 Å². The summed E-state index contributed by atoms with van der Waals surface area (Å²) in [5.74, 6) is 0.0958. The van der Waals surface area contributed by atoms with Crippen LogP contribution in [0.25, 0.3) is 0 Å². The van der Waals surface area contributed by atoms with Gasteiger partial charge < -0.3 is 15.5 Å². The number of nitrogens with one attached hydrogen (secondary N) is 2. The van der Waals surface area contributed by atoms with Crippen LogP contribution in [-0.2, 0) is 11.2 Å². The molecule has 1 atom stereocenters. The van der Waals surface area contributed by atoms with Crippen molar-refractivity contribution in [1.82, 2.24) is 10.2 Å². The molecule has 1 aromatic rings. The summed E-state index contributed by atoms with van der Waals surface area (Å²) in [5.41, 5.74) is 2.20. The van der Waals surface area contributed by atoms with Gasteiger partial charge in [-0.1, -0.05) is 32.0 Å². The molecule has 1 aromatic carbocycles. The van der Waals surface area contributed by atoms with E-state index in [1.807, 2.05) is 18.2 Å². The molecule has 116 valence electrons. The number of amides is 1. The Kier molecular flexibility index (Phi) is 6.21. The van der Waals surface area contributed by atoms with Crippen molar-refractivity contribution in [3.05, 3.63) is 29.8 Å². The van der Waals surface area contributed by atoms with E-state index in [0.29, 0.717) is 0 Å². The predicted molar refractivity (Wildman–Crippen MR) is 87.6 cm³/mol. The molecule has 1 aliphatic rings. The average molecular weight is 289 g/mol. The second-order valence-electron chi connectivity index (χ2n) is 5.63. The van der Waals surface area contributed by atoms with Crippen LogP contribution in [0.3, 0.4) is 0 Å². The summed E-state index contributed by atoms with van der Waals surface area (Å²) in [6, 6.07) is 7.99. The van der Waals surface area contributed by atoms with E-state index in [2.05, 4.69) is 35.4 Å². The highest BCUT2D eigenvalue weighted by Gasteiger charge is 2.22. The van der Waals surface area contributed by atoms with E-state index >= 15 is 0 Å². The largest absolute Gasteiger partial charge is 0.324 e. The summed E-state index contributed by atoms with van der Waals surface area (Å²) in [6.45, 7) is 8.44. The monoisotopic (exact) mass is 289 g/mol. The summed E-state index contributed by atoms with van der Waals surface area (Å²) in [4.78, 5) is 14.7. The number of hydrogen-bond acceptors (Lipinski definition) is 3. The van der Waals surface area contributed by atoms with Crippen LogP contribution in [0.1, 0.15) is 32.3 Å². The normalized spacial score (nSPS) is 18.2. The quantitative estimate of drug-likeness (QED) is 0.809. The van der Waals surface area contributed by atoms with Crippen LogP contribution >= 0.6 is 0 Å². The van der Waals surface area contributed by atoms with Gasteiger partial charge in [0, 0.05) is 18.8 Å². The second kappa shape index (κ2) is 8.15. The molecular weight excluding hydrogens is 262 g/mol. The summed E-state index contributed by atoms with van der Waals surface area (Å²) < 4.78 is 0. The summed E-state index contributed by atoms with van der Waals surface area (Å²) >= 11 is 0. The molecule has 2 N–H and O–H groups in total. The zero-order valence-electron chi connectivity index (χ0n) is 13.2. The van der Waals surface area contributed by atoms with E-state index in [1.54, 1.807) is 0 Å². The average Bonchev–Trinajstić information content (AvgIpc) is 2.65. The third-order valence-electron chi connectivity index (χ3n) is 4.10. The Morgan fingerprint density at radius 1 is 1.29 bits per heavy atom. The fourth-order valence-corrected chi connectivity index (χ4v) is 2.85. The molecule has 1 aliphatic heterocycles. The second-order valence-corrected chi connectivity index (χ2v) is 5.63. The Morgan fingerprint density at radius 2 is 2.10 bits per heavy atom. The van der Waals surface area contributed by atoms with Gasteiger partial charge in [0.2, 0.25) is 5.91 Å². The van der Waals surface area contributed by atoms with Gasteiger partial charge >= 0.3 is 0 Å². The van der Waals surface area contributed by atoms with Crippen molar-refractivity contribution in [1.29, 1.82) is 0 Å². The zero-order valence-corrected chi connectivity index (χ0v) is 13.2. The smallest absolute Gasteiger partial charge is 0.241 e. The minimum absolute atomic E-state index is 0.0854. The number of nitrogens with zero attached hydrogens (tertiary/aromatic N) is 1. The number of hydrogen-bond donors (Lipinski definition) is 2. The molecule has 0 spiro atoms. The lowest BCUT2D eigenvalue weighted by Crippen LogP contribution is -2.43. The molecule has 2 rings (SSSR count). The van der Waals surface area contributed by atoms with Crippen LogP contribution in [0.4, 0.5) is 5.69 Å². The number of rotatable bonds is 7.